The van der Waals surface area contributed by atoms with Crippen LogP contribution in [-0.4, -0.2) is 52.7 Å². The van der Waals surface area contributed by atoms with Gasteiger partial charge in [0.2, 0.25) is 5.91 Å². The number of alkyl halides is 3. The highest BCUT2D eigenvalue weighted by Crippen LogP contribution is 2.46. The molecule has 4 N–H and O–H groups in total. The van der Waals surface area contributed by atoms with E-state index in [1.54, 1.807) is 27.7 Å². The van der Waals surface area contributed by atoms with E-state index in [0.717, 1.165) is 12.8 Å². The van der Waals surface area contributed by atoms with E-state index in [9.17, 15) is 27.6 Å². The molecule has 3 heterocycles. The molecular weight excluding hydrogens is 610 g/mol. The topological polar surface area (TPSA) is 127 Å². The maximum Gasteiger partial charge on any atom is 0.405 e. The zero-order valence-corrected chi connectivity index (χ0v) is 25.7. The van der Waals surface area contributed by atoms with Crippen LogP contribution < -0.4 is 26.0 Å². The Kier molecular flexibility index (Phi) is 8.87. The molecule has 2 atom stereocenters. The van der Waals surface area contributed by atoms with Crippen LogP contribution in [0, 0.1) is 0 Å². The third-order valence-corrected chi connectivity index (χ3v) is 8.73. The average molecular weight is 645 g/mol. The number of anilines is 1. The number of halogens is 5. The van der Waals surface area contributed by atoms with Gasteiger partial charge in [-0.25, -0.2) is 4.98 Å². The molecule has 2 saturated heterocycles. The van der Waals surface area contributed by atoms with E-state index >= 15 is 0 Å². The van der Waals surface area contributed by atoms with Gasteiger partial charge in [-0.15, -0.1) is 0 Å². The Morgan fingerprint density at radius 3 is 2.47 bits per heavy atom. The van der Waals surface area contributed by atoms with Crippen LogP contribution in [0.5, 0.6) is 5.75 Å². The molecule has 0 saturated carbocycles. The number of carbonyl (C=O) groups is 3. The van der Waals surface area contributed by atoms with E-state index in [1.807, 2.05) is 10.2 Å². The largest absolute Gasteiger partial charge is 0.476 e. The normalized spacial score (nSPS) is 20.5. The SMILES string of the molecule is CC(C)(Oc1cc(C(C)(C)C(N)=O)c(Cl)cc1Cl)C(=O)NC12CCCC(CC1)N2c1ncccc1C(=O)NCC(F)(F)F. The van der Waals surface area contributed by atoms with Gasteiger partial charge in [0, 0.05) is 17.3 Å². The summed E-state index contributed by atoms with van der Waals surface area (Å²) in [5.41, 5.74) is 2.33. The molecule has 2 bridgehead atoms. The second kappa shape index (κ2) is 11.7. The third kappa shape index (κ3) is 6.64. The van der Waals surface area contributed by atoms with Crippen molar-refractivity contribution in [3.05, 3.63) is 51.6 Å². The van der Waals surface area contributed by atoms with E-state index in [0.29, 0.717) is 24.8 Å². The Hall–Kier alpha value is -3.25. The fraction of sp³-hybridized carbons (Fsp3) is 0.517. The Labute approximate surface area is 257 Å². The molecule has 4 rings (SSSR count). The van der Waals surface area contributed by atoms with Gasteiger partial charge >= 0.3 is 6.18 Å². The first-order valence-electron chi connectivity index (χ1n) is 13.8. The average Bonchev–Trinajstić information content (AvgIpc) is 3.12. The molecular formula is C29H34Cl2F3N5O4. The molecule has 2 aliphatic rings. The molecule has 1 aromatic carbocycles. The molecule has 2 fully saturated rings. The number of primary amides is 1. The van der Waals surface area contributed by atoms with Crippen LogP contribution >= 0.6 is 23.2 Å². The second-order valence-corrected chi connectivity index (χ2v) is 12.8. The first-order chi connectivity index (χ1) is 19.9. The van der Waals surface area contributed by atoms with Crippen molar-refractivity contribution in [3.8, 4) is 5.75 Å². The summed E-state index contributed by atoms with van der Waals surface area (Å²) in [6.07, 6.45) is 0.140. The Morgan fingerprint density at radius 2 is 1.81 bits per heavy atom. The number of benzene rings is 1. The van der Waals surface area contributed by atoms with Gasteiger partial charge in [0.15, 0.2) is 5.60 Å². The third-order valence-electron chi connectivity index (χ3n) is 8.12. The van der Waals surface area contributed by atoms with Crippen LogP contribution in [0.1, 0.15) is 75.7 Å². The minimum absolute atomic E-state index is 0.0211. The lowest BCUT2D eigenvalue weighted by Gasteiger charge is -2.47. The number of pyridine rings is 1. The van der Waals surface area contributed by atoms with Crippen molar-refractivity contribution in [2.75, 3.05) is 11.4 Å². The summed E-state index contributed by atoms with van der Waals surface area (Å²) in [5.74, 6) is -1.72. The molecule has 0 radical (unpaired) electrons. The summed E-state index contributed by atoms with van der Waals surface area (Å²) in [6, 6.07) is 5.71. The number of nitrogens with two attached hydrogens (primary N) is 1. The fourth-order valence-electron chi connectivity index (χ4n) is 5.66. The van der Waals surface area contributed by atoms with E-state index in [-0.39, 0.29) is 33.2 Å². The van der Waals surface area contributed by atoms with E-state index in [4.69, 9.17) is 33.7 Å². The molecule has 14 heteroatoms. The number of amides is 3. The standard InChI is InChI=1S/C29H34Cl2F3N5O4/c1-26(2,24(35)41)18-13-21(20(31)14-19(18)30)43-27(3,4)25(42)38-28-10-5-7-16(9-11-28)39(28)22-17(8-6-12-36-22)23(40)37-15-29(32,33)34/h6,8,12-14,16H,5,7,9-11,15H2,1-4H3,(H2,35,41)(H,37,40)(H,38,42). The van der Waals surface area contributed by atoms with Crippen molar-refractivity contribution in [2.45, 2.75) is 88.7 Å². The van der Waals surface area contributed by atoms with Crippen molar-refractivity contribution >= 4 is 46.7 Å². The minimum Gasteiger partial charge on any atom is -0.476 e. The quantitative estimate of drug-likeness (QED) is 0.342. The Balaban J connectivity index is 1.63. The second-order valence-electron chi connectivity index (χ2n) is 12.0. The van der Waals surface area contributed by atoms with Crippen molar-refractivity contribution in [2.24, 2.45) is 5.73 Å². The lowest BCUT2D eigenvalue weighted by molar-refractivity contribution is -0.136. The molecule has 234 valence electrons. The number of nitrogens with one attached hydrogen (secondary N) is 2. The van der Waals surface area contributed by atoms with Gasteiger partial charge in [0.25, 0.3) is 11.8 Å². The number of rotatable bonds is 9. The molecule has 0 aliphatic carbocycles. The smallest absolute Gasteiger partial charge is 0.405 e. The zero-order valence-electron chi connectivity index (χ0n) is 24.2. The summed E-state index contributed by atoms with van der Waals surface area (Å²) >= 11 is 12.8. The van der Waals surface area contributed by atoms with Gasteiger partial charge in [0.1, 0.15) is 23.8 Å². The van der Waals surface area contributed by atoms with Crippen LogP contribution in [0.15, 0.2) is 30.5 Å². The predicted molar refractivity (Wildman–Crippen MR) is 156 cm³/mol. The summed E-state index contributed by atoms with van der Waals surface area (Å²) in [4.78, 5) is 45.0. The van der Waals surface area contributed by atoms with Crippen molar-refractivity contribution in [1.82, 2.24) is 15.6 Å². The number of hydrogen-bond acceptors (Lipinski definition) is 6. The van der Waals surface area contributed by atoms with Gasteiger partial charge in [0.05, 0.1) is 16.0 Å². The number of aromatic nitrogens is 1. The first kappa shape index (κ1) is 32.7. The predicted octanol–water partition coefficient (Wildman–Crippen LogP) is 5.27. The molecule has 2 aromatic rings. The zero-order chi connectivity index (χ0) is 32.0. The highest BCUT2D eigenvalue weighted by molar-refractivity contribution is 6.36. The maximum atomic E-state index is 13.9. The fourth-order valence-corrected chi connectivity index (χ4v) is 6.32. The number of fused-ring (bicyclic) bond motifs is 2. The number of carbonyl (C=O) groups excluding carboxylic acids is 3. The van der Waals surface area contributed by atoms with E-state index < -0.39 is 47.1 Å². The van der Waals surface area contributed by atoms with Crippen LogP contribution in [0.3, 0.4) is 0 Å². The van der Waals surface area contributed by atoms with Gasteiger partial charge in [-0.3, -0.25) is 14.4 Å². The van der Waals surface area contributed by atoms with Crippen LogP contribution in [-0.2, 0) is 15.0 Å². The highest BCUT2D eigenvalue weighted by Gasteiger charge is 2.52. The lowest BCUT2D eigenvalue weighted by Crippen LogP contribution is -2.65. The lowest BCUT2D eigenvalue weighted by atomic mass is 9.84. The molecule has 2 unspecified atom stereocenters. The molecule has 1 aromatic heterocycles. The van der Waals surface area contributed by atoms with Gasteiger partial charge in [-0.2, -0.15) is 13.2 Å². The van der Waals surface area contributed by atoms with Crippen molar-refractivity contribution in [1.29, 1.82) is 0 Å². The van der Waals surface area contributed by atoms with Crippen LogP contribution in [0.25, 0.3) is 0 Å². The van der Waals surface area contributed by atoms with Gasteiger partial charge in [-0.1, -0.05) is 23.2 Å². The summed E-state index contributed by atoms with van der Waals surface area (Å²) in [7, 11) is 0. The summed E-state index contributed by atoms with van der Waals surface area (Å²) < 4.78 is 44.6. The van der Waals surface area contributed by atoms with Gasteiger partial charge < -0.3 is 26.0 Å². The Bertz CT molecular complexity index is 1430. The molecule has 2 aliphatic heterocycles. The first-order valence-corrected chi connectivity index (χ1v) is 14.5. The monoisotopic (exact) mass is 643 g/mol. The number of hydrogen-bond donors (Lipinski definition) is 3. The number of ether oxygens (including phenoxy) is 1. The molecule has 43 heavy (non-hydrogen) atoms. The molecule has 3 amide bonds. The minimum atomic E-state index is -4.58. The van der Waals surface area contributed by atoms with Crippen molar-refractivity contribution in [3.63, 3.8) is 0 Å². The van der Waals surface area contributed by atoms with Gasteiger partial charge in [-0.05, 0) is 89.6 Å². The maximum absolute atomic E-state index is 13.9. The van der Waals surface area contributed by atoms with E-state index in [1.165, 1.54) is 30.5 Å². The van der Waals surface area contributed by atoms with Crippen molar-refractivity contribution < 1.29 is 32.3 Å². The summed E-state index contributed by atoms with van der Waals surface area (Å²) in [6.45, 7) is 4.84. The summed E-state index contributed by atoms with van der Waals surface area (Å²) in [5, 5.41) is 5.36. The Morgan fingerprint density at radius 1 is 1.12 bits per heavy atom. The number of piperidine rings is 1. The van der Waals surface area contributed by atoms with E-state index in [2.05, 4.69) is 10.3 Å². The van der Waals surface area contributed by atoms with Crippen LogP contribution in [0.4, 0.5) is 19.0 Å². The molecule has 9 nitrogen and oxygen atoms in total. The molecule has 0 spiro atoms. The highest BCUT2D eigenvalue weighted by atomic mass is 35.5. The van der Waals surface area contributed by atoms with Crippen LogP contribution in [0.2, 0.25) is 10.0 Å². The number of nitrogens with zero attached hydrogens (tertiary/aromatic N) is 2.